The molecule has 0 aromatic heterocycles. The third-order valence-electron chi connectivity index (χ3n) is 1.80. The first-order valence-electron chi connectivity index (χ1n) is 3.85. The van der Waals surface area contributed by atoms with E-state index >= 15 is 0 Å². The van der Waals surface area contributed by atoms with E-state index in [9.17, 15) is 4.79 Å². The molecule has 0 aliphatic rings. The SMILES string of the molecule is C[C@H](N)CCC(C)(C)C(=O)O.Cl. The van der Waals surface area contributed by atoms with Gasteiger partial charge in [0, 0.05) is 6.04 Å². The predicted octanol–water partition coefficient (Wildman–Crippen LogP) is 1.65. The van der Waals surface area contributed by atoms with Crippen LogP contribution in [0.4, 0.5) is 0 Å². The van der Waals surface area contributed by atoms with Crippen molar-refractivity contribution >= 4 is 18.4 Å². The molecule has 0 bridgehead atoms. The van der Waals surface area contributed by atoms with Crippen LogP contribution in [-0.4, -0.2) is 17.1 Å². The molecule has 0 saturated heterocycles. The van der Waals surface area contributed by atoms with Crippen molar-refractivity contribution in [1.82, 2.24) is 0 Å². The lowest BCUT2D eigenvalue weighted by Gasteiger charge is -2.19. The molecule has 0 fully saturated rings. The van der Waals surface area contributed by atoms with Crippen LogP contribution < -0.4 is 5.73 Å². The Kier molecular flexibility index (Phi) is 6.39. The lowest BCUT2D eigenvalue weighted by atomic mass is 9.87. The minimum absolute atomic E-state index is 0. The van der Waals surface area contributed by atoms with E-state index in [1.807, 2.05) is 6.92 Å². The highest BCUT2D eigenvalue weighted by atomic mass is 35.5. The van der Waals surface area contributed by atoms with Crippen molar-refractivity contribution in [3.8, 4) is 0 Å². The Balaban J connectivity index is 0. The van der Waals surface area contributed by atoms with Gasteiger partial charge in [0.15, 0.2) is 0 Å². The second-order valence-electron chi connectivity index (χ2n) is 3.70. The van der Waals surface area contributed by atoms with Crippen LogP contribution in [0.15, 0.2) is 0 Å². The highest BCUT2D eigenvalue weighted by Crippen LogP contribution is 2.22. The molecule has 1 atom stereocenters. The number of hydrogen-bond donors (Lipinski definition) is 2. The van der Waals surface area contributed by atoms with Crippen molar-refractivity contribution in [2.75, 3.05) is 0 Å². The quantitative estimate of drug-likeness (QED) is 0.717. The van der Waals surface area contributed by atoms with Gasteiger partial charge in [-0.1, -0.05) is 0 Å². The fraction of sp³-hybridized carbons (Fsp3) is 0.875. The smallest absolute Gasteiger partial charge is 0.309 e. The van der Waals surface area contributed by atoms with Gasteiger partial charge in [-0.2, -0.15) is 0 Å². The maximum absolute atomic E-state index is 10.6. The van der Waals surface area contributed by atoms with Crippen molar-refractivity contribution in [1.29, 1.82) is 0 Å². The van der Waals surface area contributed by atoms with Gasteiger partial charge in [-0.25, -0.2) is 0 Å². The molecule has 0 rings (SSSR count). The lowest BCUT2D eigenvalue weighted by molar-refractivity contribution is -0.147. The minimum atomic E-state index is -0.752. The topological polar surface area (TPSA) is 63.3 Å². The Morgan fingerprint density at radius 1 is 1.58 bits per heavy atom. The summed E-state index contributed by atoms with van der Waals surface area (Å²) < 4.78 is 0. The highest BCUT2D eigenvalue weighted by molar-refractivity contribution is 5.85. The number of carboxylic acid groups (broad SMARTS) is 1. The first kappa shape index (κ1) is 14.3. The van der Waals surface area contributed by atoms with Gasteiger partial charge in [0.2, 0.25) is 0 Å². The van der Waals surface area contributed by atoms with Crippen LogP contribution in [0.5, 0.6) is 0 Å². The average Bonchev–Trinajstić information content (AvgIpc) is 1.84. The Labute approximate surface area is 79.7 Å². The standard InChI is InChI=1S/C8H17NO2.ClH/c1-6(9)4-5-8(2,3)7(10)11;/h6H,4-5,9H2,1-3H3,(H,10,11);1H/t6-;/m0./s1. The van der Waals surface area contributed by atoms with E-state index in [0.29, 0.717) is 6.42 Å². The number of carboxylic acids is 1. The number of hydrogen-bond acceptors (Lipinski definition) is 2. The van der Waals surface area contributed by atoms with E-state index in [-0.39, 0.29) is 18.4 Å². The predicted molar refractivity (Wildman–Crippen MR) is 51.5 cm³/mol. The van der Waals surface area contributed by atoms with Crippen LogP contribution in [0.1, 0.15) is 33.6 Å². The van der Waals surface area contributed by atoms with Crippen molar-refractivity contribution < 1.29 is 9.90 Å². The van der Waals surface area contributed by atoms with Crippen molar-refractivity contribution in [3.05, 3.63) is 0 Å². The second kappa shape index (κ2) is 5.38. The van der Waals surface area contributed by atoms with Gasteiger partial charge in [-0.3, -0.25) is 4.79 Å². The summed E-state index contributed by atoms with van der Waals surface area (Å²) >= 11 is 0. The average molecular weight is 196 g/mol. The van der Waals surface area contributed by atoms with E-state index in [0.717, 1.165) is 6.42 Å². The van der Waals surface area contributed by atoms with Crippen LogP contribution in [0, 0.1) is 5.41 Å². The molecule has 3 nitrogen and oxygen atoms in total. The van der Waals surface area contributed by atoms with Gasteiger partial charge in [0.1, 0.15) is 0 Å². The molecule has 0 aromatic carbocycles. The number of halogens is 1. The number of rotatable bonds is 4. The van der Waals surface area contributed by atoms with E-state index in [1.54, 1.807) is 13.8 Å². The number of carbonyl (C=O) groups is 1. The molecule has 0 aromatic rings. The van der Waals surface area contributed by atoms with E-state index < -0.39 is 11.4 Å². The lowest BCUT2D eigenvalue weighted by Crippen LogP contribution is -2.26. The zero-order chi connectivity index (χ0) is 9.07. The molecule has 0 aliphatic heterocycles. The summed E-state index contributed by atoms with van der Waals surface area (Å²) in [6, 6.07) is 0.0913. The molecular formula is C8H18ClNO2. The summed E-state index contributed by atoms with van der Waals surface area (Å²) in [6.07, 6.45) is 1.40. The van der Waals surface area contributed by atoms with Crippen LogP contribution in [0.2, 0.25) is 0 Å². The monoisotopic (exact) mass is 195 g/mol. The van der Waals surface area contributed by atoms with Gasteiger partial charge in [-0.05, 0) is 33.6 Å². The molecule has 0 saturated carbocycles. The van der Waals surface area contributed by atoms with Crippen LogP contribution in [0.25, 0.3) is 0 Å². The van der Waals surface area contributed by atoms with Crippen LogP contribution in [0.3, 0.4) is 0 Å². The largest absolute Gasteiger partial charge is 0.481 e. The molecule has 0 unspecified atom stereocenters. The maximum Gasteiger partial charge on any atom is 0.309 e. The third-order valence-corrected chi connectivity index (χ3v) is 1.80. The van der Waals surface area contributed by atoms with E-state index in [4.69, 9.17) is 10.8 Å². The first-order chi connectivity index (χ1) is 4.86. The summed E-state index contributed by atoms with van der Waals surface area (Å²) in [7, 11) is 0. The summed E-state index contributed by atoms with van der Waals surface area (Å²) in [5.41, 5.74) is 4.88. The zero-order valence-corrected chi connectivity index (χ0v) is 8.65. The van der Waals surface area contributed by atoms with E-state index in [1.165, 1.54) is 0 Å². The number of nitrogens with two attached hydrogens (primary N) is 1. The first-order valence-corrected chi connectivity index (χ1v) is 3.85. The molecule has 74 valence electrons. The second-order valence-corrected chi connectivity index (χ2v) is 3.70. The molecule has 0 spiro atoms. The van der Waals surface area contributed by atoms with Gasteiger partial charge in [0.05, 0.1) is 5.41 Å². The molecule has 0 heterocycles. The van der Waals surface area contributed by atoms with Gasteiger partial charge in [0.25, 0.3) is 0 Å². The molecule has 3 N–H and O–H groups in total. The van der Waals surface area contributed by atoms with Gasteiger partial charge in [-0.15, -0.1) is 12.4 Å². The Morgan fingerprint density at radius 2 is 2.00 bits per heavy atom. The molecule has 12 heavy (non-hydrogen) atoms. The fourth-order valence-electron chi connectivity index (χ4n) is 0.695. The van der Waals surface area contributed by atoms with Crippen LogP contribution in [-0.2, 0) is 4.79 Å². The minimum Gasteiger partial charge on any atom is -0.481 e. The Hall–Kier alpha value is -0.280. The summed E-state index contributed by atoms with van der Waals surface area (Å²) in [5, 5.41) is 8.71. The summed E-state index contributed by atoms with van der Waals surface area (Å²) in [4.78, 5) is 10.6. The summed E-state index contributed by atoms with van der Waals surface area (Å²) in [5.74, 6) is -0.752. The van der Waals surface area contributed by atoms with Crippen molar-refractivity contribution in [3.63, 3.8) is 0 Å². The van der Waals surface area contributed by atoms with Crippen molar-refractivity contribution in [2.45, 2.75) is 39.7 Å². The molecule has 4 heteroatoms. The molecule has 0 amide bonds. The highest BCUT2D eigenvalue weighted by Gasteiger charge is 2.26. The maximum atomic E-state index is 10.6. The Bertz CT molecular complexity index is 146. The third kappa shape index (κ3) is 5.38. The van der Waals surface area contributed by atoms with Crippen molar-refractivity contribution in [2.24, 2.45) is 11.1 Å². The molecular weight excluding hydrogens is 178 g/mol. The van der Waals surface area contributed by atoms with Gasteiger partial charge >= 0.3 is 5.97 Å². The molecule has 0 aliphatic carbocycles. The number of aliphatic carboxylic acids is 1. The summed E-state index contributed by atoms with van der Waals surface area (Å²) in [6.45, 7) is 5.33. The molecule has 0 radical (unpaired) electrons. The zero-order valence-electron chi connectivity index (χ0n) is 7.83. The fourth-order valence-corrected chi connectivity index (χ4v) is 0.695. The van der Waals surface area contributed by atoms with Crippen LogP contribution >= 0.6 is 12.4 Å². The normalized spacial score (nSPS) is 13.3. The Morgan fingerprint density at radius 3 is 2.25 bits per heavy atom. The van der Waals surface area contributed by atoms with Gasteiger partial charge < -0.3 is 10.8 Å². The van der Waals surface area contributed by atoms with E-state index in [2.05, 4.69) is 0 Å².